The first-order valence-electron chi connectivity index (χ1n) is 8.76. The van der Waals surface area contributed by atoms with Crippen LogP contribution in [-0.2, 0) is 14.8 Å². The molecule has 5 nitrogen and oxygen atoms in total. The van der Waals surface area contributed by atoms with E-state index in [1.54, 1.807) is 56.3 Å². The van der Waals surface area contributed by atoms with E-state index in [9.17, 15) is 13.2 Å². The lowest BCUT2D eigenvalue weighted by Crippen LogP contribution is -2.30. The summed E-state index contributed by atoms with van der Waals surface area (Å²) in [6.45, 7) is 4.07. The number of ether oxygens (including phenoxy) is 1. The van der Waals surface area contributed by atoms with Crippen molar-refractivity contribution < 1.29 is 17.9 Å². The van der Waals surface area contributed by atoms with Crippen molar-refractivity contribution in [1.29, 1.82) is 0 Å². The molecule has 0 amide bonds. The van der Waals surface area contributed by atoms with Crippen molar-refractivity contribution in [2.45, 2.75) is 18.7 Å². The number of esters is 1. The Morgan fingerprint density at radius 2 is 1.59 bits per heavy atom. The molecule has 0 unspecified atom stereocenters. The van der Waals surface area contributed by atoms with E-state index in [4.69, 9.17) is 4.74 Å². The third-order valence-electron chi connectivity index (χ3n) is 4.26. The number of nitrogens with zero attached hydrogens (tertiary/aromatic N) is 1. The van der Waals surface area contributed by atoms with Crippen LogP contribution < -0.4 is 4.31 Å². The Balaban J connectivity index is 1.96. The SMILES string of the molecule is CCOC(=O)c1ccc(N(CC)S(=O)(=O)c2ccc3ccccc3c2)cc1. The van der Waals surface area contributed by atoms with Gasteiger partial charge in [0.15, 0.2) is 0 Å². The number of fused-ring (bicyclic) bond motifs is 1. The molecule has 0 aliphatic rings. The molecule has 0 heterocycles. The molecule has 0 bridgehead atoms. The van der Waals surface area contributed by atoms with Crippen molar-refractivity contribution in [2.75, 3.05) is 17.5 Å². The molecule has 0 aliphatic carbocycles. The predicted molar refractivity (Wildman–Crippen MR) is 107 cm³/mol. The molecule has 0 aromatic heterocycles. The van der Waals surface area contributed by atoms with Gasteiger partial charge in [0.25, 0.3) is 10.0 Å². The van der Waals surface area contributed by atoms with Gasteiger partial charge in [0, 0.05) is 6.54 Å². The van der Waals surface area contributed by atoms with Gasteiger partial charge < -0.3 is 4.74 Å². The van der Waals surface area contributed by atoms with E-state index in [1.807, 2.05) is 24.3 Å². The summed E-state index contributed by atoms with van der Waals surface area (Å²) in [7, 11) is -3.72. The highest BCUT2D eigenvalue weighted by atomic mass is 32.2. The molecule has 140 valence electrons. The molecule has 0 atom stereocenters. The highest BCUT2D eigenvalue weighted by Crippen LogP contribution is 2.26. The summed E-state index contributed by atoms with van der Waals surface area (Å²) in [5.74, 6) is -0.426. The predicted octanol–water partition coefficient (Wildman–Crippen LogP) is 4.23. The summed E-state index contributed by atoms with van der Waals surface area (Å²) < 4.78 is 32.6. The Kier molecular flexibility index (Phi) is 5.46. The van der Waals surface area contributed by atoms with Gasteiger partial charge >= 0.3 is 5.97 Å². The van der Waals surface area contributed by atoms with Gasteiger partial charge in [-0.1, -0.05) is 30.3 Å². The Bertz CT molecular complexity index is 1060. The Hall–Kier alpha value is -2.86. The summed E-state index contributed by atoms with van der Waals surface area (Å²) >= 11 is 0. The van der Waals surface area contributed by atoms with Gasteiger partial charge in [-0.2, -0.15) is 0 Å². The molecule has 3 aromatic carbocycles. The van der Waals surface area contributed by atoms with Crippen LogP contribution in [-0.4, -0.2) is 27.5 Å². The maximum absolute atomic E-state index is 13.2. The monoisotopic (exact) mass is 383 g/mol. The van der Waals surface area contributed by atoms with E-state index in [0.29, 0.717) is 11.3 Å². The molecule has 0 N–H and O–H groups in total. The largest absolute Gasteiger partial charge is 0.462 e. The van der Waals surface area contributed by atoms with Crippen LogP contribution in [0.25, 0.3) is 10.8 Å². The van der Waals surface area contributed by atoms with Crippen molar-refractivity contribution in [1.82, 2.24) is 0 Å². The summed E-state index contributed by atoms with van der Waals surface area (Å²) in [5.41, 5.74) is 0.887. The Morgan fingerprint density at radius 1 is 0.926 bits per heavy atom. The second kappa shape index (κ2) is 7.80. The van der Waals surface area contributed by atoms with Crippen molar-refractivity contribution in [3.05, 3.63) is 72.3 Å². The Morgan fingerprint density at radius 3 is 2.22 bits per heavy atom. The number of carbonyl (C=O) groups is 1. The van der Waals surface area contributed by atoms with Gasteiger partial charge in [-0.15, -0.1) is 0 Å². The molecule has 0 saturated heterocycles. The first kappa shape index (κ1) is 18.9. The van der Waals surface area contributed by atoms with E-state index < -0.39 is 16.0 Å². The number of carbonyl (C=O) groups excluding carboxylic acids is 1. The molecule has 3 aromatic rings. The van der Waals surface area contributed by atoms with Gasteiger partial charge in [0.05, 0.1) is 22.8 Å². The highest BCUT2D eigenvalue weighted by Gasteiger charge is 2.24. The molecular formula is C21H21NO4S. The van der Waals surface area contributed by atoms with Crippen LogP contribution in [0.3, 0.4) is 0 Å². The number of hydrogen-bond donors (Lipinski definition) is 0. The molecule has 6 heteroatoms. The number of anilines is 1. The van der Waals surface area contributed by atoms with Crippen molar-refractivity contribution >= 4 is 32.5 Å². The second-order valence-electron chi connectivity index (χ2n) is 5.95. The first-order valence-corrected chi connectivity index (χ1v) is 10.2. The minimum Gasteiger partial charge on any atom is -0.462 e. The summed E-state index contributed by atoms with van der Waals surface area (Å²) in [5, 5.41) is 1.85. The van der Waals surface area contributed by atoms with E-state index in [1.165, 1.54) is 4.31 Å². The fourth-order valence-corrected chi connectivity index (χ4v) is 4.43. The van der Waals surface area contributed by atoms with Crippen LogP contribution >= 0.6 is 0 Å². The normalized spacial score (nSPS) is 11.3. The van der Waals surface area contributed by atoms with Gasteiger partial charge in [-0.05, 0) is 61.0 Å². The lowest BCUT2D eigenvalue weighted by molar-refractivity contribution is 0.0526. The fourth-order valence-electron chi connectivity index (χ4n) is 2.92. The lowest BCUT2D eigenvalue weighted by atomic mass is 10.1. The van der Waals surface area contributed by atoms with Crippen molar-refractivity contribution in [3.63, 3.8) is 0 Å². The second-order valence-corrected chi connectivity index (χ2v) is 7.81. The quantitative estimate of drug-likeness (QED) is 0.598. The molecule has 3 rings (SSSR count). The number of rotatable bonds is 6. The van der Waals surface area contributed by atoms with E-state index in [-0.39, 0.29) is 18.0 Å². The van der Waals surface area contributed by atoms with Gasteiger partial charge in [0.2, 0.25) is 0 Å². The van der Waals surface area contributed by atoms with Crippen molar-refractivity contribution in [3.8, 4) is 0 Å². The van der Waals surface area contributed by atoms with E-state index in [0.717, 1.165) is 10.8 Å². The van der Waals surface area contributed by atoms with Crippen molar-refractivity contribution in [2.24, 2.45) is 0 Å². The van der Waals surface area contributed by atoms with Crippen LogP contribution in [0.5, 0.6) is 0 Å². The molecule has 0 fully saturated rings. The van der Waals surface area contributed by atoms with E-state index >= 15 is 0 Å². The minimum atomic E-state index is -3.72. The lowest BCUT2D eigenvalue weighted by Gasteiger charge is -2.23. The number of sulfonamides is 1. The molecule has 0 radical (unpaired) electrons. The molecule has 0 spiro atoms. The average molecular weight is 383 g/mol. The maximum Gasteiger partial charge on any atom is 0.338 e. The van der Waals surface area contributed by atoms with E-state index in [2.05, 4.69) is 0 Å². The maximum atomic E-state index is 13.2. The number of hydrogen-bond acceptors (Lipinski definition) is 4. The smallest absolute Gasteiger partial charge is 0.338 e. The Labute approximate surface area is 159 Å². The number of benzene rings is 3. The highest BCUT2D eigenvalue weighted by molar-refractivity contribution is 7.92. The van der Waals surface area contributed by atoms with Crippen LogP contribution in [0.2, 0.25) is 0 Å². The zero-order chi connectivity index (χ0) is 19.4. The molecule has 27 heavy (non-hydrogen) atoms. The van der Waals surface area contributed by atoms with Gasteiger partial charge in [0.1, 0.15) is 0 Å². The summed E-state index contributed by atoms with van der Waals surface area (Å²) in [4.78, 5) is 12.0. The standard InChI is InChI=1S/C21H21NO4S/c1-3-22(19-12-9-17(10-13-19)21(23)26-4-2)27(24,25)20-14-11-16-7-5-6-8-18(16)15-20/h5-15H,3-4H2,1-2H3. The molecule has 0 saturated carbocycles. The molecular weight excluding hydrogens is 362 g/mol. The molecule has 0 aliphatic heterocycles. The third kappa shape index (κ3) is 3.80. The minimum absolute atomic E-state index is 0.234. The third-order valence-corrected chi connectivity index (χ3v) is 6.16. The summed E-state index contributed by atoms with van der Waals surface area (Å²) in [6, 6.07) is 19.1. The topological polar surface area (TPSA) is 63.7 Å². The van der Waals surface area contributed by atoms with Crippen LogP contribution in [0.1, 0.15) is 24.2 Å². The van der Waals surface area contributed by atoms with Gasteiger partial charge in [-0.25, -0.2) is 13.2 Å². The fraction of sp³-hybridized carbons (Fsp3) is 0.190. The van der Waals surface area contributed by atoms with Crippen LogP contribution in [0.15, 0.2) is 71.6 Å². The summed E-state index contributed by atoms with van der Waals surface area (Å²) in [6.07, 6.45) is 0. The average Bonchev–Trinajstić information content (AvgIpc) is 2.68. The van der Waals surface area contributed by atoms with Gasteiger partial charge in [-0.3, -0.25) is 4.31 Å². The first-order chi connectivity index (χ1) is 13.0. The zero-order valence-electron chi connectivity index (χ0n) is 15.3. The zero-order valence-corrected chi connectivity index (χ0v) is 16.1. The van der Waals surface area contributed by atoms with Crippen LogP contribution in [0.4, 0.5) is 5.69 Å². The van der Waals surface area contributed by atoms with Crippen LogP contribution in [0, 0.1) is 0 Å².